The largest absolute Gasteiger partial charge is 0.467 e. The van der Waals surface area contributed by atoms with Gasteiger partial charge in [-0.05, 0) is 17.7 Å². The Hall–Kier alpha value is -3.42. The lowest BCUT2D eigenvalue weighted by molar-refractivity contribution is -0.384. The first kappa shape index (κ1) is 17.9. The van der Waals surface area contributed by atoms with Crippen LogP contribution >= 0.6 is 0 Å². The summed E-state index contributed by atoms with van der Waals surface area (Å²) in [4.78, 5) is 33.9. The molecule has 0 saturated carbocycles. The molecule has 8 nitrogen and oxygen atoms in total. The number of methoxy groups -OCH3 is 1. The summed E-state index contributed by atoms with van der Waals surface area (Å²) in [5.74, 6) is -0.490. The van der Waals surface area contributed by atoms with E-state index in [9.17, 15) is 19.7 Å². The molecular formula is C17H16N2O6. The van der Waals surface area contributed by atoms with E-state index in [1.165, 1.54) is 31.4 Å². The van der Waals surface area contributed by atoms with Crippen molar-refractivity contribution in [1.29, 1.82) is 0 Å². The maximum atomic E-state index is 12.0. The molecule has 0 saturated heterocycles. The fraction of sp³-hybridized carbons (Fsp3) is 0.176. The third-order valence-electron chi connectivity index (χ3n) is 3.32. The normalized spacial score (nSPS) is 11.2. The zero-order chi connectivity index (χ0) is 18.2. The Labute approximate surface area is 143 Å². The van der Waals surface area contributed by atoms with Crippen LogP contribution in [0.1, 0.15) is 5.56 Å². The van der Waals surface area contributed by atoms with E-state index in [-0.39, 0.29) is 17.9 Å². The maximum Gasteiger partial charge on any atom is 0.413 e. The minimum absolute atomic E-state index is 0.117. The Morgan fingerprint density at radius 3 is 2.32 bits per heavy atom. The first-order chi connectivity index (χ1) is 12.0. The second-order valence-electron chi connectivity index (χ2n) is 5.05. The van der Waals surface area contributed by atoms with Crippen molar-refractivity contribution in [2.75, 3.05) is 7.11 Å². The number of nitro groups is 1. The van der Waals surface area contributed by atoms with E-state index in [2.05, 4.69) is 5.32 Å². The molecule has 0 bridgehead atoms. The van der Waals surface area contributed by atoms with E-state index in [1.54, 1.807) is 0 Å². The van der Waals surface area contributed by atoms with Gasteiger partial charge in [-0.3, -0.25) is 10.1 Å². The van der Waals surface area contributed by atoms with Crippen molar-refractivity contribution in [2.24, 2.45) is 0 Å². The second-order valence-corrected chi connectivity index (χ2v) is 5.05. The summed E-state index contributed by atoms with van der Waals surface area (Å²) in [6.07, 6.45) is -0.622. The number of carbonyl (C=O) groups excluding carboxylic acids is 2. The van der Waals surface area contributed by atoms with Crippen LogP contribution < -0.4 is 10.1 Å². The molecule has 0 heterocycles. The number of amides is 1. The Kier molecular flexibility index (Phi) is 6.05. The molecule has 1 amide bonds. The fourth-order valence-corrected chi connectivity index (χ4v) is 2.10. The molecule has 1 atom stereocenters. The first-order valence-electron chi connectivity index (χ1n) is 7.34. The molecule has 0 aliphatic heterocycles. The van der Waals surface area contributed by atoms with Crippen LogP contribution in [0.25, 0.3) is 0 Å². The number of rotatable bonds is 6. The van der Waals surface area contributed by atoms with E-state index in [0.29, 0.717) is 0 Å². The number of nitro benzene ring substituents is 1. The molecule has 2 aromatic carbocycles. The second kappa shape index (κ2) is 8.44. The van der Waals surface area contributed by atoms with E-state index in [1.807, 2.05) is 30.3 Å². The van der Waals surface area contributed by atoms with Crippen LogP contribution in [-0.2, 0) is 16.0 Å². The van der Waals surface area contributed by atoms with Gasteiger partial charge in [0.25, 0.3) is 5.69 Å². The molecule has 0 spiro atoms. The van der Waals surface area contributed by atoms with Gasteiger partial charge in [-0.25, -0.2) is 9.59 Å². The van der Waals surface area contributed by atoms with Gasteiger partial charge in [-0.15, -0.1) is 0 Å². The molecule has 0 aromatic heterocycles. The van der Waals surface area contributed by atoms with Crippen molar-refractivity contribution < 1.29 is 24.0 Å². The summed E-state index contributed by atoms with van der Waals surface area (Å²) in [5, 5.41) is 13.0. The number of non-ortho nitro benzene ring substituents is 1. The summed E-state index contributed by atoms with van der Waals surface area (Å²) in [6.45, 7) is 0. The molecule has 130 valence electrons. The summed E-state index contributed by atoms with van der Waals surface area (Å²) in [7, 11) is 1.23. The number of hydrogen-bond acceptors (Lipinski definition) is 6. The van der Waals surface area contributed by atoms with Gasteiger partial charge >= 0.3 is 12.1 Å². The summed E-state index contributed by atoms with van der Waals surface area (Å²) in [6, 6.07) is 13.2. The number of esters is 1. The highest BCUT2D eigenvalue weighted by molar-refractivity contribution is 5.82. The molecule has 0 aliphatic rings. The Morgan fingerprint density at radius 2 is 1.76 bits per heavy atom. The Bertz CT molecular complexity index is 745. The van der Waals surface area contributed by atoms with Crippen molar-refractivity contribution >= 4 is 17.7 Å². The molecule has 25 heavy (non-hydrogen) atoms. The van der Waals surface area contributed by atoms with E-state index in [4.69, 9.17) is 9.47 Å². The zero-order valence-corrected chi connectivity index (χ0v) is 13.4. The average molecular weight is 344 g/mol. The maximum absolute atomic E-state index is 12.0. The lowest BCUT2D eigenvalue weighted by atomic mass is 10.1. The molecular weight excluding hydrogens is 328 g/mol. The topological polar surface area (TPSA) is 108 Å². The van der Waals surface area contributed by atoms with Crippen LogP contribution in [0, 0.1) is 10.1 Å². The van der Waals surface area contributed by atoms with Crippen LogP contribution in [0.15, 0.2) is 54.6 Å². The number of benzene rings is 2. The Balaban J connectivity index is 2.01. The smallest absolute Gasteiger partial charge is 0.413 e. The third-order valence-corrected chi connectivity index (χ3v) is 3.32. The fourth-order valence-electron chi connectivity index (χ4n) is 2.10. The molecule has 0 unspecified atom stereocenters. The van der Waals surface area contributed by atoms with Gasteiger partial charge in [0.15, 0.2) is 0 Å². The van der Waals surface area contributed by atoms with E-state index in [0.717, 1.165) is 5.56 Å². The first-order valence-corrected chi connectivity index (χ1v) is 7.34. The third kappa shape index (κ3) is 5.31. The minimum atomic E-state index is -0.919. The summed E-state index contributed by atoms with van der Waals surface area (Å²) in [5.41, 5.74) is 0.720. The molecule has 2 rings (SSSR count). The quantitative estimate of drug-likeness (QED) is 0.490. The highest BCUT2D eigenvalue weighted by Gasteiger charge is 2.23. The van der Waals surface area contributed by atoms with E-state index >= 15 is 0 Å². The van der Waals surface area contributed by atoms with Gasteiger partial charge < -0.3 is 14.8 Å². The molecule has 0 radical (unpaired) electrons. The summed E-state index contributed by atoms with van der Waals surface area (Å²) >= 11 is 0. The van der Waals surface area contributed by atoms with Gasteiger partial charge in [0.05, 0.1) is 12.0 Å². The highest BCUT2D eigenvalue weighted by atomic mass is 16.6. The van der Waals surface area contributed by atoms with Crippen LogP contribution in [0.2, 0.25) is 0 Å². The zero-order valence-electron chi connectivity index (χ0n) is 13.4. The van der Waals surface area contributed by atoms with Crippen molar-refractivity contribution in [2.45, 2.75) is 12.5 Å². The lowest BCUT2D eigenvalue weighted by Crippen LogP contribution is -2.44. The van der Waals surface area contributed by atoms with Gasteiger partial charge in [-0.1, -0.05) is 30.3 Å². The number of hydrogen-bond donors (Lipinski definition) is 1. The van der Waals surface area contributed by atoms with Crippen LogP contribution in [0.5, 0.6) is 5.75 Å². The molecule has 1 N–H and O–H groups in total. The predicted molar refractivity (Wildman–Crippen MR) is 88.2 cm³/mol. The molecule has 0 fully saturated rings. The van der Waals surface area contributed by atoms with Gasteiger partial charge in [0, 0.05) is 18.6 Å². The van der Waals surface area contributed by atoms with Crippen molar-refractivity contribution in [1.82, 2.24) is 5.32 Å². The van der Waals surface area contributed by atoms with Crippen molar-refractivity contribution in [3.63, 3.8) is 0 Å². The minimum Gasteiger partial charge on any atom is -0.467 e. The summed E-state index contributed by atoms with van der Waals surface area (Å²) < 4.78 is 9.73. The average Bonchev–Trinajstić information content (AvgIpc) is 2.61. The highest BCUT2D eigenvalue weighted by Crippen LogP contribution is 2.17. The SMILES string of the molecule is COC(=O)[C@H](Cc1ccccc1)NC(=O)Oc1ccc([N+](=O)[O-])cc1. The van der Waals surface area contributed by atoms with Crippen LogP contribution in [0.3, 0.4) is 0 Å². The molecule has 8 heteroatoms. The van der Waals surface area contributed by atoms with Crippen LogP contribution in [-0.4, -0.2) is 30.1 Å². The van der Waals surface area contributed by atoms with Crippen molar-refractivity contribution in [3.8, 4) is 5.75 Å². The standard InChI is InChI=1S/C17H16N2O6/c1-24-16(20)15(11-12-5-3-2-4-6-12)18-17(21)25-14-9-7-13(8-10-14)19(22)23/h2-10,15H,11H2,1H3,(H,18,21)/t15-/m0/s1. The molecule has 2 aromatic rings. The number of carbonyl (C=O) groups is 2. The van der Waals surface area contributed by atoms with Crippen molar-refractivity contribution in [3.05, 3.63) is 70.3 Å². The molecule has 0 aliphatic carbocycles. The van der Waals surface area contributed by atoms with Gasteiger partial charge in [-0.2, -0.15) is 0 Å². The lowest BCUT2D eigenvalue weighted by Gasteiger charge is -2.16. The van der Waals surface area contributed by atoms with E-state index < -0.39 is 23.0 Å². The monoisotopic (exact) mass is 344 g/mol. The van der Waals surface area contributed by atoms with Gasteiger partial charge in [0.2, 0.25) is 0 Å². The predicted octanol–water partition coefficient (Wildman–Crippen LogP) is 2.47. The van der Waals surface area contributed by atoms with Gasteiger partial charge in [0.1, 0.15) is 11.8 Å². The number of nitrogens with one attached hydrogen (secondary N) is 1. The Morgan fingerprint density at radius 1 is 1.12 bits per heavy atom. The number of nitrogens with zero attached hydrogens (tertiary/aromatic N) is 1. The van der Waals surface area contributed by atoms with Crippen LogP contribution in [0.4, 0.5) is 10.5 Å². The number of ether oxygens (including phenoxy) is 2.